The van der Waals surface area contributed by atoms with Crippen molar-refractivity contribution in [1.29, 1.82) is 0 Å². The van der Waals surface area contributed by atoms with E-state index >= 15 is 0 Å². The third-order valence-electron chi connectivity index (χ3n) is 4.01. The van der Waals surface area contributed by atoms with Gasteiger partial charge in [0.05, 0.1) is 11.7 Å². The normalized spacial score (nSPS) is 14.1. The van der Waals surface area contributed by atoms with E-state index in [-0.39, 0.29) is 16.8 Å². The number of nitrogens with zero attached hydrogens (tertiary/aromatic N) is 1. The Labute approximate surface area is 144 Å². The monoisotopic (exact) mass is 342 g/mol. The summed E-state index contributed by atoms with van der Waals surface area (Å²) in [6, 6.07) is 5.36. The highest BCUT2D eigenvalue weighted by molar-refractivity contribution is 7.13. The molecule has 124 valence electrons. The second-order valence-corrected chi connectivity index (χ2v) is 6.85. The molecule has 1 heterocycles. The summed E-state index contributed by atoms with van der Waals surface area (Å²) in [5.74, 6) is -1.16. The van der Waals surface area contributed by atoms with Crippen LogP contribution in [0.15, 0.2) is 24.3 Å². The molecule has 2 N–H and O–H groups in total. The van der Waals surface area contributed by atoms with Gasteiger partial charge >= 0.3 is 5.97 Å². The van der Waals surface area contributed by atoms with Crippen LogP contribution >= 0.6 is 11.3 Å². The Hall–Kier alpha value is -2.47. The Kier molecular flexibility index (Phi) is 4.49. The minimum Gasteiger partial charge on any atom is -0.477 e. The first kappa shape index (κ1) is 16.4. The lowest BCUT2D eigenvalue weighted by Gasteiger charge is -2.14. The molecule has 3 rings (SSSR count). The van der Waals surface area contributed by atoms with E-state index in [0.717, 1.165) is 29.7 Å². The number of carboxylic acid groups (broad SMARTS) is 1. The number of hydrogen-bond donors (Lipinski definition) is 2. The summed E-state index contributed by atoms with van der Waals surface area (Å²) in [5, 5.41) is 12.6. The fraction of sp³-hybridized carbons (Fsp3) is 0.278. The molecule has 0 bridgehead atoms. The van der Waals surface area contributed by atoms with E-state index in [1.54, 1.807) is 6.92 Å². The molecule has 0 aliphatic heterocycles. The summed E-state index contributed by atoms with van der Waals surface area (Å²) in [6.07, 6.45) is 6.14. The lowest BCUT2D eigenvalue weighted by atomic mass is 9.95. The summed E-state index contributed by atoms with van der Waals surface area (Å²) < 4.78 is 0. The highest BCUT2D eigenvalue weighted by Crippen LogP contribution is 2.24. The molecule has 1 aromatic heterocycles. The molecule has 6 heteroatoms. The van der Waals surface area contributed by atoms with Crippen molar-refractivity contribution < 1.29 is 14.7 Å². The van der Waals surface area contributed by atoms with Gasteiger partial charge < -0.3 is 10.4 Å². The molecular formula is C18H18N2O3S. The smallest absolute Gasteiger partial charge is 0.347 e. The van der Waals surface area contributed by atoms with E-state index in [0.29, 0.717) is 16.3 Å². The molecule has 0 saturated heterocycles. The van der Waals surface area contributed by atoms with Crippen LogP contribution in [-0.4, -0.2) is 22.0 Å². The van der Waals surface area contributed by atoms with Crippen molar-refractivity contribution in [1.82, 2.24) is 10.3 Å². The number of amides is 1. The molecule has 1 amide bonds. The van der Waals surface area contributed by atoms with Gasteiger partial charge in [-0.15, -0.1) is 11.3 Å². The summed E-state index contributed by atoms with van der Waals surface area (Å²) in [6.45, 7) is 3.47. The van der Waals surface area contributed by atoms with Crippen molar-refractivity contribution in [2.75, 3.05) is 0 Å². The van der Waals surface area contributed by atoms with E-state index < -0.39 is 5.97 Å². The van der Waals surface area contributed by atoms with Gasteiger partial charge in [-0.1, -0.05) is 18.2 Å². The number of aryl methyl sites for hydroxylation is 2. The van der Waals surface area contributed by atoms with Crippen LogP contribution < -0.4 is 5.32 Å². The molecule has 24 heavy (non-hydrogen) atoms. The number of carbonyl (C=O) groups excluding carboxylic acids is 1. The van der Waals surface area contributed by atoms with Crippen molar-refractivity contribution >= 4 is 29.3 Å². The molecule has 0 saturated carbocycles. The number of carbonyl (C=O) groups is 2. The van der Waals surface area contributed by atoms with Crippen molar-refractivity contribution in [3.8, 4) is 0 Å². The molecule has 1 aliphatic rings. The topological polar surface area (TPSA) is 79.3 Å². The standard InChI is InChI=1S/C18H18N2O3S/c1-10-15(18(22)23)24-17(20-10)11(2)19-16(21)14-8-7-12-5-3-4-6-13(12)9-14/h3,5,7-9,11H,4,6H2,1-2H3,(H,19,21)(H,22,23). The van der Waals surface area contributed by atoms with Gasteiger partial charge in [-0.3, -0.25) is 4.79 Å². The lowest BCUT2D eigenvalue weighted by molar-refractivity contribution is 0.0701. The first-order valence-electron chi connectivity index (χ1n) is 7.76. The van der Waals surface area contributed by atoms with Crippen LogP contribution in [-0.2, 0) is 6.42 Å². The predicted molar refractivity (Wildman–Crippen MR) is 93.5 cm³/mol. The van der Waals surface area contributed by atoms with Crippen LogP contribution in [0.5, 0.6) is 0 Å². The highest BCUT2D eigenvalue weighted by atomic mass is 32.1. The number of allylic oxidation sites excluding steroid dienone is 1. The largest absolute Gasteiger partial charge is 0.477 e. The van der Waals surface area contributed by atoms with Crippen LogP contribution in [0.1, 0.15) is 61.2 Å². The minimum atomic E-state index is -0.988. The first-order valence-corrected chi connectivity index (χ1v) is 8.58. The number of hydrogen-bond acceptors (Lipinski definition) is 4. The number of benzene rings is 1. The number of aromatic carboxylic acids is 1. The maximum Gasteiger partial charge on any atom is 0.347 e. The average molecular weight is 342 g/mol. The highest BCUT2D eigenvalue weighted by Gasteiger charge is 2.20. The van der Waals surface area contributed by atoms with Gasteiger partial charge in [-0.25, -0.2) is 9.78 Å². The number of rotatable bonds is 4. The first-order chi connectivity index (χ1) is 11.5. The molecule has 0 fully saturated rings. The summed E-state index contributed by atoms with van der Waals surface area (Å²) in [7, 11) is 0. The summed E-state index contributed by atoms with van der Waals surface area (Å²) in [5.41, 5.74) is 3.43. The number of nitrogens with one attached hydrogen (secondary N) is 1. The minimum absolute atomic E-state index is 0.176. The summed E-state index contributed by atoms with van der Waals surface area (Å²) >= 11 is 1.10. The van der Waals surface area contributed by atoms with Gasteiger partial charge in [-0.2, -0.15) is 0 Å². The zero-order chi connectivity index (χ0) is 17.3. The average Bonchev–Trinajstić information content (AvgIpc) is 2.96. The fourth-order valence-electron chi connectivity index (χ4n) is 2.72. The molecule has 1 aliphatic carbocycles. The number of aromatic nitrogens is 1. The molecular weight excluding hydrogens is 324 g/mol. The Morgan fingerprint density at radius 2 is 2.17 bits per heavy atom. The van der Waals surface area contributed by atoms with Crippen molar-refractivity contribution in [3.05, 3.63) is 56.5 Å². The van der Waals surface area contributed by atoms with Gasteiger partial charge in [0.2, 0.25) is 0 Å². The molecule has 2 aromatic rings. The zero-order valence-corrected chi connectivity index (χ0v) is 14.3. The quantitative estimate of drug-likeness (QED) is 0.890. The Morgan fingerprint density at radius 3 is 2.88 bits per heavy atom. The van der Waals surface area contributed by atoms with Crippen LogP contribution in [0.2, 0.25) is 0 Å². The van der Waals surface area contributed by atoms with E-state index in [2.05, 4.69) is 22.5 Å². The molecule has 0 radical (unpaired) electrons. The zero-order valence-electron chi connectivity index (χ0n) is 13.5. The second kappa shape index (κ2) is 6.57. The number of thiazole rings is 1. The Morgan fingerprint density at radius 1 is 1.38 bits per heavy atom. The molecule has 0 spiro atoms. The van der Waals surface area contributed by atoms with E-state index in [9.17, 15) is 9.59 Å². The lowest BCUT2D eigenvalue weighted by Crippen LogP contribution is -2.26. The SMILES string of the molecule is Cc1nc(C(C)NC(=O)c2ccc3c(c2)CCC=C3)sc1C(=O)O. The Balaban J connectivity index is 1.76. The van der Waals surface area contributed by atoms with Crippen LogP contribution in [0.3, 0.4) is 0 Å². The maximum atomic E-state index is 12.5. The van der Waals surface area contributed by atoms with Crippen LogP contribution in [0.25, 0.3) is 6.08 Å². The second-order valence-electron chi connectivity index (χ2n) is 5.82. The molecule has 1 aromatic carbocycles. The number of carboxylic acids is 1. The molecule has 1 atom stereocenters. The van der Waals surface area contributed by atoms with Crippen molar-refractivity contribution in [3.63, 3.8) is 0 Å². The molecule has 1 unspecified atom stereocenters. The number of fused-ring (bicyclic) bond motifs is 1. The van der Waals surface area contributed by atoms with E-state index in [1.165, 1.54) is 5.56 Å². The van der Waals surface area contributed by atoms with Crippen molar-refractivity contribution in [2.45, 2.75) is 32.7 Å². The van der Waals surface area contributed by atoms with Gasteiger partial charge in [-0.05, 0) is 49.9 Å². The fourth-order valence-corrected chi connectivity index (χ4v) is 3.63. The Bertz CT molecular complexity index is 839. The van der Waals surface area contributed by atoms with E-state index in [4.69, 9.17) is 5.11 Å². The summed E-state index contributed by atoms with van der Waals surface area (Å²) in [4.78, 5) is 28.1. The van der Waals surface area contributed by atoms with Gasteiger partial charge in [0.15, 0.2) is 0 Å². The van der Waals surface area contributed by atoms with Gasteiger partial charge in [0, 0.05) is 5.56 Å². The third-order valence-corrected chi connectivity index (χ3v) is 5.34. The van der Waals surface area contributed by atoms with Gasteiger partial charge in [0.25, 0.3) is 5.91 Å². The van der Waals surface area contributed by atoms with Gasteiger partial charge in [0.1, 0.15) is 9.88 Å². The maximum absolute atomic E-state index is 12.5. The van der Waals surface area contributed by atoms with Crippen LogP contribution in [0.4, 0.5) is 0 Å². The van der Waals surface area contributed by atoms with Crippen molar-refractivity contribution in [2.24, 2.45) is 0 Å². The van der Waals surface area contributed by atoms with Crippen LogP contribution in [0, 0.1) is 6.92 Å². The van der Waals surface area contributed by atoms with E-state index in [1.807, 2.05) is 25.1 Å². The molecule has 5 nitrogen and oxygen atoms in total. The third kappa shape index (κ3) is 3.23. The predicted octanol–water partition coefficient (Wildman–Crippen LogP) is 3.60.